The van der Waals surface area contributed by atoms with Gasteiger partial charge in [0.25, 0.3) is 0 Å². The van der Waals surface area contributed by atoms with Gasteiger partial charge in [0.15, 0.2) is 0 Å². The van der Waals surface area contributed by atoms with Crippen LogP contribution < -0.4 is 10.2 Å². The number of aromatic nitrogens is 4. The van der Waals surface area contributed by atoms with Crippen molar-refractivity contribution >= 4 is 11.8 Å². The van der Waals surface area contributed by atoms with Gasteiger partial charge in [0.1, 0.15) is 12.1 Å². The van der Waals surface area contributed by atoms with E-state index in [9.17, 15) is 0 Å². The molecule has 0 saturated carbocycles. The number of hydrogen-bond acceptors (Lipinski definition) is 7. The minimum atomic E-state index is 0.665. The predicted molar refractivity (Wildman–Crippen MR) is 115 cm³/mol. The average Bonchev–Trinajstić information content (AvgIpc) is 2.80. The first-order valence-corrected chi connectivity index (χ1v) is 10.2. The van der Waals surface area contributed by atoms with E-state index in [-0.39, 0.29) is 0 Å². The van der Waals surface area contributed by atoms with Gasteiger partial charge in [-0.3, -0.25) is 4.90 Å². The highest BCUT2D eigenvalue weighted by molar-refractivity contribution is 5.39. The van der Waals surface area contributed by atoms with Gasteiger partial charge in [0.2, 0.25) is 5.95 Å². The fraction of sp³-hybridized carbons (Fsp3) is 0.364. The summed E-state index contributed by atoms with van der Waals surface area (Å²) in [5, 5.41) is 3.27. The Labute approximate surface area is 171 Å². The number of rotatable bonds is 7. The van der Waals surface area contributed by atoms with Crippen LogP contribution in [-0.2, 0) is 19.5 Å². The summed E-state index contributed by atoms with van der Waals surface area (Å²) in [7, 11) is 0. The predicted octanol–water partition coefficient (Wildman–Crippen LogP) is 2.76. The summed E-state index contributed by atoms with van der Waals surface area (Å²) in [4.78, 5) is 22.4. The maximum atomic E-state index is 4.46. The Hall–Kier alpha value is -3.06. The fourth-order valence-corrected chi connectivity index (χ4v) is 3.45. The molecule has 2 aromatic heterocycles. The first-order chi connectivity index (χ1) is 14.3. The number of piperazine rings is 1. The normalized spacial score (nSPS) is 14.7. The van der Waals surface area contributed by atoms with Crippen molar-refractivity contribution < 1.29 is 0 Å². The van der Waals surface area contributed by atoms with Crippen molar-refractivity contribution in [1.82, 2.24) is 24.8 Å². The lowest BCUT2D eigenvalue weighted by atomic mass is 10.2. The summed E-state index contributed by atoms with van der Waals surface area (Å²) in [6.45, 7) is 7.66. The van der Waals surface area contributed by atoms with Gasteiger partial charge in [-0.1, -0.05) is 37.3 Å². The second-order valence-corrected chi connectivity index (χ2v) is 7.24. The molecule has 3 aromatic rings. The molecule has 1 aliphatic heterocycles. The molecule has 3 heterocycles. The molecular formula is C22H27N7. The molecular weight excluding hydrogens is 362 g/mol. The number of benzene rings is 1. The number of aryl methyl sites for hydroxylation is 1. The van der Waals surface area contributed by atoms with E-state index >= 15 is 0 Å². The molecule has 0 spiro atoms. The van der Waals surface area contributed by atoms with Crippen LogP contribution >= 0.6 is 0 Å². The van der Waals surface area contributed by atoms with Gasteiger partial charge in [0.05, 0.1) is 0 Å². The first kappa shape index (κ1) is 19.3. The molecule has 29 heavy (non-hydrogen) atoms. The Morgan fingerprint density at radius 1 is 0.897 bits per heavy atom. The van der Waals surface area contributed by atoms with Crippen molar-refractivity contribution in [2.45, 2.75) is 26.4 Å². The van der Waals surface area contributed by atoms with Crippen LogP contribution in [0.5, 0.6) is 0 Å². The molecule has 0 unspecified atom stereocenters. The number of nitrogens with zero attached hydrogens (tertiary/aromatic N) is 6. The summed E-state index contributed by atoms with van der Waals surface area (Å²) in [5.41, 5.74) is 3.45. The van der Waals surface area contributed by atoms with Crippen molar-refractivity contribution in [2.24, 2.45) is 0 Å². The summed E-state index contributed by atoms with van der Waals surface area (Å²) >= 11 is 0. The Balaban J connectivity index is 1.26. The minimum Gasteiger partial charge on any atom is -0.354 e. The lowest BCUT2D eigenvalue weighted by Crippen LogP contribution is -2.46. The molecule has 7 nitrogen and oxygen atoms in total. The molecule has 0 aliphatic carbocycles. The van der Waals surface area contributed by atoms with Crippen LogP contribution in [0.25, 0.3) is 0 Å². The highest BCUT2D eigenvalue weighted by atomic mass is 15.3. The van der Waals surface area contributed by atoms with Crippen molar-refractivity contribution in [1.29, 1.82) is 0 Å². The molecule has 1 aliphatic rings. The quantitative estimate of drug-likeness (QED) is 0.666. The second kappa shape index (κ2) is 9.43. The Bertz CT molecular complexity index is 891. The average molecular weight is 390 g/mol. The molecule has 4 rings (SSSR count). The Morgan fingerprint density at radius 3 is 2.38 bits per heavy atom. The van der Waals surface area contributed by atoms with Crippen LogP contribution in [0.3, 0.4) is 0 Å². The van der Waals surface area contributed by atoms with E-state index in [2.05, 4.69) is 60.2 Å². The van der Waals surface area contributed by atoms with Gasteiger partial charge in [-0.05, 0) is 12.0 Å². The molecule has 1 saturated heterocycles. The molecule has 0 radical (unpaired) electrons. The molecule has 0 atom stereocenters. The van der Waals surface area contributed by atoms with Crippen molar-refractivity contribution in [3.8, 4) is 0 Å². The standard InChI is InChI=1S/C22H27N7/c1-2-20-12-21(27-17-26-20)29-10-8-28(9-11-29)16-19-14-24-22(25-15-19)23-13-18-6-4-3-5-7-18/h3-7,12,14-15,17H,2,8-11,13,16H2,1H3,(H,23,24,25). The maximum absolute atomic E-state index is 4.46. The van der Waals surface area contributed by atoms with E-state index in [1.807, 2.05) is 30.6 Å². The monoisotopic (exact) mass is 389 g/mol. The Kier molecular flexibility index (Phi) is 6.26. The lowest BCUT2D eigenvalue weighted by molar-refractivity contribution is 0.249. The van der Waals surface area contributed by atoms with E-state index < -0.39 is 0 Å². The molecule has 1 N–H and O–H groups in total. The van der Waals surface area contributed by atoms with Crippen LogP contribution in [0.4, 0.5) is 11.8 Å². The van der Waals surface area contributed by atoms with Crippen LogP contribution in [0.1, 0.15) is 23.7 Å². The first-order valence-electron chi connectivity index (χ1n) is 10.2. The minimum absolute atomic E-state index is 0.665. The van der Waals surface area contributed by atoms with Gasteiger partial charge < -0.3 is 10.2 Å². The van der Waals surface area contributed by atoms with E-state index in [0.717, 1.165) is 62.8 Å². The zero-order chi connectivity index (χ0) is 19.9. The smallest absolute Gasteiger partial charge is 0.222 e. The SMILES string of the molecule is CCc1cc(N2CCN(Cc3cnc(NCc4ccccc4)nc3)CC2)ncn1. The van der Waals surface area contributed by atoms with Crippen LogP contribution in [0.2, 0.25) is 0 Å². The maximum Gasteiger partial charge on any atom is 0.222 e. The summed E-state index contributed by atoms with van der Waals surface area (Å²) in [5.74, 6) is 1.70. The van der Waals surface area contributed by atoms with Crippen LogP contribution in [0, 0.1) is 0 Å². The highest BCUT2D eigenvalue weighted by Crippen LogP contribution is 2.15. The molecule has 1 aromatic carbocycles. The summed E-state index contributed by atoms with van der Waals surface area (Å²) in [6.07, 6.45) is 6.45. The summed E-state index contributed by atoms with van der Waals surface area (Å²) < 4.78 is 0. The highest BCUT2D eigenvalue weighted by Gasteiger charge is 2.18. The van der Waals surface area contributed by atoms with Gasteiger partial charge in [-0.2, -0.15) is 0 Å². The van der Waals surface area contributed by atoms with Gasteiger partial charge >= 0.3 is 0 Å². The molecule has 150 valence electrons. The van der Waals surface area contributed by atoms with Crippen molar-refractivity contribution in [3.05, 3.63) is 71.9 Å². The van der Waals surface area contributed by atoms with Crippen molar-refractivity contribution in [2.75, 3.05) is 36.4 Å². The van der Waals surface area contributed by atoms with E-state index in [4.69, 9.17) is 0 Å². The number of hydrogen-bond donors (Lipinski definition) is 1. The van der Waals surface area contributed by atoms with Crippen molar-refractivity contribution in [3.63, 3.8) is 0 Å². The lowest BCUT2D eigenvalue weighted by Gasteiger charge is -2.35. The fourth-order valence-electron chi connectivity index (χ4n) is 3.45. The van der Waals surface area contributed by atoms with Crippen LogP contribution in [0.15, 0.2) is 55.1 Å². The van der Waals surface area contributed by atoms with E-state index in [1.165, 1.54) is 5.56 Å². The molecule has 7 heteroatoms. The Morgan fingerprint density at radius 2 is 1.66 bits per heavy atom. The third kappa shape index (κ3) is 5.26. The topological polar surface area (TPSA) is 70.1 Å². The molecule has 0 amide bonds. The number of nitrogens with one attached hydrogen (secondary N) is 1. The number of anilines is 2. The molecule has 0 bridgehead atoms. The largest absolute Gasteiger partial charge is 0.354 e. The zero-order valence-electron chi connectivity index (χ0n) is 16.8. The van der Waals surface area contributed by atoms with E-state index in [1.54, 1.807) is 6.33 Å². The second-order valence-electron chi connectivity index (χ2n) is 7.24. The van der Waals surface area contributed by atoms with Gasteiger partial charge in [-0.25, -0.2) is 19.9 Å². The third-order valence-corrected chi connectivity index (χ3v) is 5.17. The van der Waals surface area contributed by atoms with Gasteiger partial charge in [0, 0.05) is 69.0 Å². The third-order valence-electron chi connectivity index (χ3n) is 5.17. The van der Waals surface area contributed by atoms with Crippen LogP contribution in [-0.4, -0.2) is 51.0 Å². The molecule has 1 fully saturated rings. The summed E-state index contributed by atoms with van der Waals surface area (Å²) in [6, 6.07) is 12.4. The van der Waals surface area contributed by atoms with E-state index in [0.29, 0.717) is 5.95 Å². The van der Waals surface area contributed by atoms with Gasteiger partial charge in [-0.15, -0.1) is 0 Å². The zero-order valence-corrected chi connectivity index (χ0v) is 16.8.